The molecular formula is C13H23NS. The third-order valence-corrected chi connectivity index (χ3v) is 3.42. The molecule has 1 aliphatic rings. The molecule has 0 atom stereocenters. The Kier molecular flexibility index (Phi) is 5.92. The van der Waals surface area contributed by atoms with Gasteiger partial charge in [0.25, 0.3) is 0 Å². The Labute approximate surface area is 98.6 Å². The highest BCUT2D eigenvalue weighted by atomic mass is 32.2. The molecule has 1 nitrogen and oxygen atoms in total. The topological polar surface area (TPSA) is 3.24 Å². The molecule has 86 valence electrons. The van der Waals surface area contributed by atoms with Gasteiger partial charge in [0.2, 0.25) is 0 Å². The van der Waals surface area contributed by atoms with Crippen LogP contribution in [-0.2, 0) is 0 Å². The SMILES string of the molecule is CC(=CC=CN1CCCCC1)SC(C)C. The molecule has 1 rings (SSSR count). The predicted octanol–water partition coefficient (Wildman–Crippen LogP) is 4.03. The fourth-order valence-electron chi connectivity index (χ4n) is 1.78. The highest BCUT2D eigenvalue weighted by Gasteiger charge is 2.04. The summed E-state index contributed by atoms with van der Waals surface area (Å²) in [5, 5.41) is 0.685. The fourth-order valence-corrected chi connectivity index (χ4v) is 2.68. The van der Waals surface area contributed by atoms with Crippen LogP contribution >= 0.6 is 11.8 Å². The molecule has 0 amide bonds. The number of allylic oxidation sites excluding steroid dienone is 3. The maximum Gasteiger partial charge on any atom is 0.0172 e. The molecule has 0 spiro atoms. The van der Waals surface area contributed by atoms with E-state index in [0.717, 1.165) is 0 Å². The van der Waals surface area contributed by atoms with Crippen LogP contribution in [0.25, 0.3) is 0 Å². The molecule has 0 N–H and O–H groups in total. The lowest BCUT2D eigenvalue weighted by Gasteiger charge is -2.24. The van der Waals surface area contributed by atoms with Gasteiger partial charge in [-0.1, -0.05) is 19.9 Å². The van der Waals surface area contributed by atoms with Crippen LogP contribution in [0.5, 0.6) is 0 Å². The van der Waals surface area contributed by atoms with Crippen LogP contribution in [0.15, 0.2) is 23.3 Å². The molecule has 0 aliphatic carbocycles. The number of likely N-dealkylation sites (tertiary alicyclic amines) is 1. The van der Waals surface area contributed by atoms with Gasteiger partial charge in [0, 0.05) is 18.3 Å². The van der Waals surface area contributed by atoms with E-state index in [1.165, 1.54) is 37.3 Å². The van der Waals surface area contributed by atoms with E-state index in [1.807, 2.05) is 11.8 Å². The number of nitrogens with zero attached hydrogens (tertiary/aromatic N) is 1. The van der Waals surface area contributed by atoms with Gasteiger partial charge in [-0.05, 0) is 43.4 Å². The summed E-state index contributed by atoms with van der Waals surface area (Å²) >= 11 is 1.93. The largest absolute Gasteiger partial charge is 0.377 e. The van der Waals surface area contributed by atoms with Gasteiger partial charge in [-0.3, -0.25) is 0 Å². The molecular weight excluding hydrogens is 202 g/mol. The molecule has 0 saturated carbocycles. The molecule has 1 saturated heterocycles. The number of piperidine rings is 1. The van der Waals surface area contributed by atoms with E-state index in [0.29, 0.717) is 5.25 Å². The van der Waals surface area contributed by atoms with E-state index in [9.17, 15) is 0 Å². The Bertz CT molecular complexity index is 225. The van der Waals surface area contributed by atoms with Crippen molar-refractivity contribution in [1.82, 2.24) is 4.90 Å². The van der Waals surface area contributed by atoms with Crippen molar-refractivity contribution in [3.63, 3.8) is 0 Å². The van der Waals surface area contributed by atoms with Crippen molar-refractivity contribution in [2.24, 2.45) is 0 Å². The first-order chi connectivity index (χ1) is 7.18. The minimum Gasteiger partial charge on any atom is -0.377 e. The van der Waals surface area contributed by atoms with Crippen molar-refractivity contribution >= 4 is 11.8 Å². The highest BCUT2D eigenvalue weighted by Crippen LogP contribution is 2.20. The maximum atomic E-state index is 2.42. The number of thioether (sulfide) groups is 1. The Morgan fingerprint density at radius 2 is 1.87 bits per heavy atom. The minimum absolute atomic E-state index is 0.685. The van der Waals surface area contributed by atoms with Crippen molar-refractivity contribution in [3.8, 4) is 0 Å². The van der Waals surface area contributed by atoms with E-state index in [1.54, 1.807) is 0 Å². The minimum atomic E-state index is 0.685. The van der Waals surface area contributed by atoms with Gasteiger partial charge in [0.15, 0.2) is 0 Å². The molecule has 1 heterocycles. The molecule has 1 aliphatic heterocycles. The second kappa shape index (κ2) is 7.00. The van der Waals surface area contributed by atoms with Crippen LogP contribution in [-0.4, -0.2) is 23.2 Å². The molecule has 2 heteroatoms. The molecule has 1 fully saturated rings. The van der Waals surface area contributed by atoms with Crippen LogP contribution < -0.4 is 0 Å². The van der Waals surface area contributed by atoms with Crippen LogP contribution in [0.3, 0.4) is 0 Å². The summed E-state index contributed by atoms with van der Waals surface area (Å²) in [6.07, 6.45) is 10.8. The van der Waals surface area contributed by atoms with Crippen molar-refractivity contribution in [3.05, 3.63) is 23.3 Å². The van der Waals surface area contributed by atoms with Gasteiger partial charge < -0.3 is 4.90 Å². The fraction of sp³-hybridized carbons (Fsp3) is 0.692. The average Bonchev–Trinajstić information content (AvgIpc) is 2.18. The van der Waals surface area contributed by atoms with Crippen molar-refractivity contribution in [1.29, 1.82) is 0 Å². The Hall–Kier alpha value is -0.370. The maximum absolute atomic E-state index is 2.42. The zero-order valence-electron chi connectivity index (χ0n) is 10.2. The van der Waals surface area contributed by atoms with Crippen LogP contribution in [0.4, 0.5) is 0 Å². The Morgan fingerprint density at radius 3 is 2.47 bits per heavy atom. The van der Waals surface area contributed by atoms with Gasteiger partial charge in [-0.15, -0.1) is 11.8 Å². The lowest BCUT2D eigenvalue weighted by Crippen LogP contribution is -2.23. The normalized spacial score (nSPS) is 19.2. The first-order valence-corrected chi connectivity index (χ1v) is 6.82. The predicted molar refractivity (Wildman–Crippen MR) is 71.0 cm³/mol. The lowest BCUT2D eigenvalue weighted by molar-refractivity contribution is 0.309. The first kappa shape index (κ1) is 12.7. The summed E-state index contributed by atoms with van der Waals surface area (Å²) in [5.74, 6) is 0. The summed E-state index contributed by atoms with van der Waals surface area (Å²) < 4.78 is 0. The summed E-state index contributed by atoms with van der Waals surface area (Å²) in [6, 6.07) is 0. The number of rotatable bonds is 4. The van der Waals surface area contributed by atoms with Gasteiger partial charge in [0.1, 0.15) is 0 Å². The molecule has 0 unspecified atom stereocenters. The number of hydrogen-bond donors (Lipinski definition) is 0. The third kappa shape index (κ3) is 5.93. The summed E-state index contributed by atoms with van der Waals surface area (Å²) in [5.41, 5.74) is 0. The average molecular weight is 225 g/mol. The zero-order chi connectivity index (χ0) is 11.1. The number of hydrogen-bond acceptors (Lipinski definition) is 2. The zero-order valence-corrected chi connectivity index (χ0v) is 11.0. The van der Waals surface area contributed by atoms with E-state index < -0.39 is 0 Å². The highest BCUT2D eigenvalue weighted by molar-refractivity contribution is 8.03. The molecule has 0 aromatic carbocycles. The molecule has 15 heavy (non-hydrogen) atoms. The first-order valence-electron chi connectivity index (χ1n) is 5.94. The van der Waals surface area contributed by atoms with E-state index in [2.05, 4.69) is 44.0 Å². The molecule has 0 radical (unpaired) electrons. The van der Waals surface area contributed by atoms with E-state index >= 15 is 0 Å². The van der Waals surface area contributed by atoms with Gasteiger partial charge in [-0.2, -0.15) is 0 Å². The van der Waals surface area contributed by atoms with Crippen LogP contribution in [0.2, 0.25) is 0 Å². The van der Waals surface area contributed by atoms with Crippen LogP contribution in [0.1, 0.15) is 40.0 Å². The lowest BCUT2D eigenvalue weighted by atomic mass is 10.1. The smallest absolute Gasteiger partial charge is 0.0172 e. The molecule has 0 aromatic rings. The summed E-state index contributed by atoms with van der Waals surface area (Å²) in [7, 11) is 0. The van der Waals surface area contributed by atoms with Crippen molar-refractivity contribution < 1.29 is 0 Å². The van der Waals surface area contributed by atoms with Crippen molar-refractivity contribution in [2.45, 2.75) is 45.3 Å². The standard InChI is InChI=1S/C13H23NS/c1-12(2)15-13(3)8-7-11-14-9-5-4-6-10-14/h7-8,11-12H,4-6,9-10H2,1-3H3. The van der Waals surface area contributed by atoms with E-state index in [-0.39, 0.29) is 0 Å². The quantitative estimate of drug-likeness (QED) is 0.665. The second-order valence-electron chi connectivity index (χ2n) is 4.38. The Balaban J connectivity index is 2.30. The van der Waals surface area contributed by atoms with Gasteiger partial charge in [0.05, 0.1) is 0 Å². The second-order valence-corrected chi connectivity index (χ2v) is 6.20. The van der Waals surface area contributed by atoms with Crippen molar-refractivity contribution in [2.75, 3.05) is 13.1 Å². The molecule has 0 aromatic heterocycles. The van der Waals surface area contributed by atoms with E-state index in [4.69, 9.17) is 0 Å². The van der Waals surface area contributed by atoms with Gasteiger partial charge in [-0.25, -0.2) is 0 Å². The summed E-state index contributed by atoms with van der Waals surface area (Å²) in [4.78, 5) is 3.83. The summed E-state index contributed by atoms with van der Waals surface area (Å²) in [6.45, 7) is 9.12. The van der Waals surface area contributed by atoms with Gasteiger partial charge >= 0.3 is 0 Å². The Morgan fingerprint density at radius 1 is 1.20 bits per heavy atom. The third-order valence-electron chi connectivity index (χ3n) is 2.44. The molecule has 0 bridgehead atoms. The van der Waals surface area contributed by atoms with Crippen LogP contribution in [0, 0.1) is 0 Å². The monoisotopic (exact) mass is 225 g/mol.